The first-order chi connectivity index (χ1) is 7.11. The SMILES string of the molecule is CC(=O)c1csc2c([N+](=O)[O-])cccc12. The lowest BCUT2D eigenvalue weighted by atomic mass is 10.1. The molecule has 0 saturated carbocycles. The number of nitro benzene ring substituents is 1. The zero-order valence-corrected chi connectivity index (χ0v) is 8.71. The summed E-state index contributed by atoms with van der Waals surface area (Å²) in [6, 6.07) is 4.78. The number of hydrogen-bond donors (Lipinski definition) is 0. The van der Waals surface area contributed by atoms with E-state index >= 15 is 0 Å². The molecule has 0 N–H and O–H groups in total. The molecule has 0 saturated heterocycles. The Bertz CT molecular complexity index is 559. The molecule has 1 aromatic carbocycles. The summed E-state index contributed by atoms with van der Waals surface area (Å²) in [4.78, 5) is 21.5. The van der Waals surface area contributed by atoms with Gasteiger partial charge in [0.2, 0.25) is 0 Å². The summed E-state index contributed by atoms with van der Waals surface area (Å²) in [5, 5.41) is 13.1. The van der Waals surface area contributed by atoms with Crippen molar-refractivity contribution in [2.45, 2.75) is 6.92 Å². The summed E-state index contributed by atoms with van der Waals surface area (Å²) in [6.45, 7) is 1.46. The molecule has 0 radical (unpaired) electrons. The average molecular weight is 221 g/mol. The Morgan fingerprint density at radius 3 is 2.80 bits per heavy atom. The highest BCUT2D eigenvalue weighted by Gasteiger charge is 2.16. The Kier molecular flexibility index (Phi) is 2.24. The molecule has 0 bridgehead atoms. The Morgan fingerprint density at radius 1 is 1.47 bits per heavy atom. The zero-order valence-electron chi connectivity index (χ0n) is 7.89. The van der Waals surface area contributed by atoms with E-state index in [2.05, 4.69) is 0 Å². The molecule has 0 atom stereocenters. The van der Waals surface area contributed by atoms with Gasteiger partial charge < -0.3 is 0 Å². The summed E-state index contributed by atoms with van der Waals surface area (Å²) in [5.74, 6) is -0.0678. The molecule has 4 nitrogen and oxygen atoms in total. The molecule has 76 valence electrons. The lowest BCUT2D eigenvalue weighted by molar-refractivity contribution is -0.382. The lowest BCUT2D eigenvalue weighted by Gasteiger charge is -1.94. The van der Waals surface area contributed by atoms with Gasteiger partial charge in [0.1, 0.15) is 4.70 Å². The molecule has 0 fully saturated rings. The molecule has 15 heavy (non-hydrogen) atoms. The number of carbonyl (C=O) groups excluding carboxylic acids is 1. The number of benzene rings is 1. The van der Waals surface area contributed by atoms with Crippen LogP contribution < -0.4 is 0 Å². The summed E-state index contributed by atoms with van der Waals surface area (Å²) in [6.07, 6.45) is 0. The average Bonchev–Trinajstić information content (AvgIpc) is 2.59. The van der Waals surface area contributed by atoms with Crippen LogP contribution in [0.4, 0.5) is 5.69 Å². The zero-order chi connectivity index (χ0) is 11.0. The van der Waals surface area contributed by atoms with Crippen LogP contribution in [0.3, 0.4) is 0 Å². The molecular weight excluding hydrogens is 214 g/mol. The first-order valence-corrected chi connectivity index (χ1v) is 5.15. The molecule has 1 heterocycles. The first-order valence-electron chi connectivity index (χ1n) is 4.27. The van der Waals surface area contributed by atoms with Gasteiger partial charge in [-0.2, -0.15) is 0 Å². The number of hydrogen-bond acceptors (Lipinski definition) is 4. The summed E-state index contributed by atoms with van der Waals surface area (Å²) < 4.78 is 0.563. The number of nitrogens with zero attached hydrogens (tertiary/aromatic N) is 1. The highest BCUT2D eigenvalue weighted by molar-refractivity contribution is 7.18. The third-order valence-corrected chi connectivity index (χ3v) is 3.17. The molecule has 1 aromatic heterocycles. The van der Waals surface area contributed by atoms with Gasteiger partial charge in [-0.05, 0) is 6.92 Å². The molecule has 0 aliphatic heterocycles. The van der Waals surface area contributed by atoms with E-state index in [-0.39, 0.29) is 11.5 Å². The van der Waals surface area contributed by atoms with Crippen LogP contribution in [0.1, 0.15) is 17.3 Å². The van der Waals surface area contributed by atoms with Crippen LogP contribution in [0.15, 0.2) is 23.6 Å². The van der Waals surface area contributed by atoms with Crippen LogP contribution in [0.5, 0.6) is 0 Å². The van der Waals surface area contributed by atoms with Crippen molar-refractivity contribution in [3.63, 3.8) is 0 Å². The van der Waals surface area contributed by atoms with E-state index in [0.717, 1.165) is 0 Å². The van der Waals surface area contributed by atoms with Gasteiger partial charge in [0.25, 0.3) is 5.69 Å². The van der Waals surface area contributed by atoms with Crippen LogP contribution >= 0.6 is 11.3 Å². The number of ketones is 1. The third-order valence-electron chi connectivity index (χ3n) is 2.16. The first kappa shape index (κ1) is 9.79. The van der Waals surface area contributed by atoms with Crippen LogP contribution in [-0.4, -0.2) is 10.7 Å². The van der Waals surface area contributed by atoms with E-state index in [1.54, 1.807) is 17.5 Å². The number of rotatable bonds is 2. The maximum Gasteiger partial charge on any atom is 0.287 e. The number of carbonyl (C=O) groups is 1. The van der Waals surface area contributed by atoms with E-state index < -0.39 is 4.92 Å². The minimum Gasteiger partial charge on any atom is -0.294 e. The van der Waals surface area contributed by atoms with E-state index in [1.807, 2.05) is 0 Å². The molecule has 0 spiro atoms. The predicted octanol–water partition coefficient (Wildman–Crippen LogP) is 3.01. The highest BCUT2D eigenvalue weighted by atomic mass is 32.1. The van der Waals surface area contributed by atoms with E-state index in [9.17, 15) is 14.9 Å². The van der Waals surface area contributed by atoms with E-state index in [4.69, 9.17) is 0 Å². The maximum absolute atomic E-state index is 11.2. The van der Waals surface area contributed by atoms with Gasteiger partial charge >= 0.3 is 0 Å². The second kappa shape index (κ2) is 3.43. The molecular formula is C10H7NO3S. The maximum atomic E-state index is 11.2. The van der Waals surface area contributed by atoms with Crippen molar-refractivity contribution in [2.75, 3.05) is 0 Å². The minimum absolute atomic E-state index is 0.0602. The van der Waals surface area contributed by atoms with Gasteiger partial charge in [-0.3, -0.25) is 14.9 Å². The van der Waals surface area contributed by atoms with Gasteiger partial charge in [0, 0.05) is 22.4 Å². The summed E-state index contributed by atoms with van der Waals surface area (Å²) >= 11 is 1.23. The Hall–Kier alpha value is -1.75. The van der Waals surface area contributed by atoms with Gasteiger partial charge in [0.15, 0.2) is 5.78 Å². The topological polar surface area (TPSA) is 60.2 Å². The monoisotopic (exact) mass is 221 g/mol. The largest absolute Gasteiger partial charge is 0.294 e. The number of non-ortho nitro benzene ring substituents is 1. The van der Waals surface area contributed by atoms with Crippen molar-refractivity contribution in [1.82, 2.24) is 0 Å². The number of Topliss-reactive ketones (excluding diaryl/α,β-unsaturated/α-hetero) is 1. The van der Waals surface area contributed by atoms with Crippen molar-refractivity contribution in [1.29, 1.82) is 0 Å². The fourth-order valence-electron chi connectivity index (χ4n) is 1.46. The van der Waals surface area contributed by atoms with E-state index in [0.29, 0.717) is 15.6 Å². The second-order valence-corrected chi connectivity index (χ2v) is 4.00. The normalized spacial score (nSPS) is 10.5. The van der Waals surface area contributed by atoms with Gasteiger partial charge in [-0.1, -0.05) is 12.1 Å². The molecule has 2 rings (SSSR count). The third kappa shape index (κ3) is 1.50. The van der Waals surface area contributed by atoms with Crippen molar-refractivity contribution in [3.05, 3.63) is 39.3 Å². The summed E-state index contributed by atoms with van der Waals surface area (Å²) in [7, 11) is 0. The molecule has 0 aliphatic rings. The number of fused-ring (bicyclic) bond motifs is 1. The molecule has 0 amide bonds. The minimum atomic E-state index is -0.428. The molecule has 5 heteroatoms. The second-order valence-electron chi connectivity index (χ2n) is 3.12. The van der Waals surface area contributed by atoms with Gasteiger partial charge in [0.05, 0.1) is 4.92 Å². The Balaban J connectivity index is 2.80. The van der Waals surface area contributed by atoms with E-state index in [1.165, 1.54) is 24.3 Å². The lowest BCUT2D eigenvalue weighted by Crippen LogP contribution is -1.90. The number of thiophene rings is 1. The fraction of sp³-hybridized carbons (Fsp3) is 0.100. The fourth-order valence-corrected chi connectivity index (χ4v) is 2.56. The van der Waals surface area contributed by atoms with Gasteiger partial charge in [-0.15, -0.1) is 11.3 Å². The van der Waals surface area contributed by atoms with Crippen molar-refractivity contribution < 1.29 is 9.72 Å². The van der Waals surface area contributed by atoms with Crippen molar-refractivity contribution >= 4 is 32.9 Å². The summed E-state index contributed by atoms with van der Waals surface area (Å²) in [5.41, 5.74) is 0.615. The smallest absolute Gasteiger partial charge is 0.287 e. The van der Waals surface area contributed by atoms with Crippen molar-refractivity contribution in [3.8, 4) is 0 Å². The quantitative estimate of drug-likeness (QED) is 0.445. The van der Waals surface area contributed by atoms with Crippen LogP contribution in [0.2, 0.25) is 0 Å². The molecule has 2 aromatic rings. The molecule has 0 unspecified atom stereocenters. The Morgan fingerprint density at radius 2 is 2.20 bits per heavy atom. The predicted molar refractivity (Wildman–Crippen MR) is 58.5 cm³/mol. The Labute approximate surface area is 89.3 Å². The van der Waals surface area contributed by atoms with Crippen LogP contribution in [0, 0.1) is 10.1 Å². The highest BCUT2D eigenvalue weighted by Crippen LogP contribution is 2.33. The molecule has 0 aliphatic carbocycles. The van der Waals surface area contributed by atoms with Crippen molar-refractivity contribution in [2.24, 2.45) is 0 Å². The standard InChI is InChI=1S/C10H7NO3S/c1-6(12)8-5-15-10-7(8)3-2-4-9(10)11(13)14/h2-5H,1H3. The number of nitro groups is 1. The van der Waals surface area contributed by atoms with Crippen LogP contribution in [0.25, 0.3) is 10.1 Å². The van der Waals surface area contributed by atoms with Gasteiger partial charge in [-0.25, -0.2) is 0 Å². The van der Waals surface area contributed by atoms with Crippen LogP contribution in [-0.2, 0) is 0 Å².